The molecule has 0 spiro atoms. The predicted molar refractivity (Wildman–Crippen MR) is 68.3 cm³/mol. The fourth-order valence-corrected chi connectivity index (χ4v) is 2.80. The summed E-state index contributed by atoms with van der Waals surface area (Å²) in [6.45, 7) is 0.668. The maximum Gasteiger partial charge on any atom is 0.232 e. The molecule has 6 nitrogen and oxygen atoms in total. The minimum atomic E-state index is -3.33. The van der Waals surface area contributed by atoms with Crippen molar-refractivity contribution in [3.8, 4) is 11.5 Å². The van der Waals surface area contributed by atoms with Gasteiger partial charge in [-0.2, -0.15) is 0 Å². The van der Waals surface area contributed by atoms with E-state index in [4.69, 9.17) is 15.2 Å². The van der Waals surface area contributed by atoms with E-state index in [0.29, 0.717) is 36.6 Å². The highest BCUT2D eigenvalue weighted by molar-refractivity contribution is 7.92. The van der Waals surface area contributed by atoms with Crippen molar-refractivity contribution in [2.75, 3.05) is 23.8 Å². The average Bonchev–Trinajstić information content (AvgIpc) is 2.75. The maximum absolute atomic E-state index is 11.8. The van der Waals surface area contributed by atoms with Gasteiger partial charge < -0.3 is 15.2 Å². The normalized spacial score (nSPS) is 13.6. The minimum absolute atomic E-state index is 0.0681. The molecule has 0 saturated heterocycles. The van der Waals surface area contributed by atoms with Gasteiger partial charge in [0.1, 0.15) is 0 Å². The van der Waals surface area contributed by atoms with Crippen LogP contribution < -0.4 is 19.9 Å². The predicted octanol–water partition coefficient (Wildman–Crippen LogP) is 0.896. The first kappa shape index (κ1) is 13.0. The van der Waals surface area contributed by atoms with Crippen LogP contribution in [0.4, 0.5) is 5.69 Å². The topological polar surface area (TPSA) is 90.7 Å². The van der Waals surface area contributed by atoms with Gasteiger partial charge in [0.15, 0.2) is 11.5 Å². The van der Waals surface area contributed by atoms with Crippen molar-refractivity contribution < 1.29 is 17.9 Å². The van der Waals surface area contributed by atoms with Gasteiger partial charge in [-0.05, 0) is 31.5 Å². The molecule has 0 fully saturated rings. The van der Waals surface area contributed by atoms with Crippen molar-refractivity contribution in [1.82, 2.24) is 0 Å². The Morgan fingerprint density at radius 2 is 2.00 bits per heavy atom. The first-order valence-electron chi connectivity index (χ1n) is 5.71. The number of anilines is 1. The smallest absolute Gasteiger partial charge is 0.232 e. The van der Waals surface area contributed by atoms with Gasteiger partial charge in [-0.1, -0.05) is 0 Å². The lowest BCUT2D eigenvalue weighted by molar-refractivity contribution is 0.174. The van der Waals surface area contributed by atoms with Crippen LogP contribution in [0, 0.1) is 0 Å². The number of rotatable bonds is 6. The van der Waals surface area contributed by atoms with E-state index in [2.05, 4.69) is 4.72 Å². The zero-order valence-electron chi connectivity index (χ0n) is 9.89. The quantitative estimate of drug-likeness (QED) is 0.751. The third-order valence-corrected chi connectivity index (χ3v) is 3.89. The molecule has 0 aromatic heterocycles. The van der Waals surface area contributed by atoms with E-state index in [9.17, 15) is 8.42 Å². The Kier molecular flexibility index (Phi) is 3.93. The van der Waals surface area contributed by atoms with E-state index < -0.39 is 10.0 Å². The number of hydrogen-bond acceptors (Lipinski definition) is 5. The van der Waals surface area contributed by atoms with Crippen molar-refractivity contribution in [3.63, 3.8) is 0 Å². The monoisotopic (exact) mass is 272 g/mol. The Morgan fingerprint density at radius 3 is 2.78 bits per heavy atom. The van der Waals surface area contributed by atoms with Crippen molar-refractivity contribution >= 4 is 15.7 Å². The second-order valence-electron chi connectivity index (χ2n) is 3.98. The SMILES string of the molecule is NCCCCS(=O)(=O)Nc1ccc2c(c1)OCO2. The number of ether oxygens (including phenoxy) is 2. The zero-order chi connectivity index (χ0) is 13.0. The van der Waals surface area contributed by atoms with E-state index in [-0.39, 0.29) is 12.5 Å². The molecule has 1 aromatic rings. The maximum atomic E-state index is 11.8. The van der Waals surface area contributed by atoms with Gasteiger partial charge in [-0.15, -0.1) is 0 Å². The molecular weight excluding hydrogens is 256 g/mol. The minimum Gasteiger partial charge on any atom is -0.454 e. The Hall–Kier alpha value is -1.47. The number of nitrogens with two attached hydrogens (primary N) is 1. The van der Waals surface area contributed by atoms with Crippen molar-refractivity contribution in [2.45, 2.75) is 12.8 Å². The summed E-state index contributed by atoms with van der Waals surface area (Å²) in [5.41, 5.74) is 5.80. The molecule has 0 amide bonds. The molecule has 18 heavy (non-hydrogen) atoms. The van der Waals surface area contributed by atoms with Crippen molar-refractivity contribution in [3.05, 3.63) is 18.2 Å². The summed E-state index contributed by atoms with van der Waals surface area (Å²) in [7, 11) is -3.33. The number of fused-ring (bicyclic) bond motifs is 1. The van der Waals surface area contributed by atoms with Crippen LogP contribution in [0.1, 0.15) is 12.8 Å². The number of sulfonamides is 1. The summed E-state index contributed by atoms with van der Waals surface area (Å²) in [4.78, 5) is 0. The molecule has 1 aliphatic heterocycles. The fraction of sp³-hybridized carbons (Fsp3) is 0.455. The lowest BCUT2D eigenvalue weighted by atomic mass is 10.3. The van der Waals surface area contributed by atoms with Crippen molar-refractivity contribution in [2.24, 2.45) is 5.73 Å². The van der Waals surface area contributed by atoms with Crippen LogP contribution in [-0.4, -0.2) is 27.5 Å². The number of benzene rings is 1. The molecule has 100 valence electrons. The number of hydrogen-bond donors (Lipinski definition) is 2. The van der Waals surface area contributed by atoms with E-state index in [1.807, 2.05) is 0 Å². The highest BCUT2D eigenvalue weighted by atomic mass is 32.2. The first-order chi connectivity index (χ1) is 8.61. The molecule has 1 heterocycles. The molecule has 0 unspecified atom stereocenters. The lowest BCUT2D eigenvalue weighted by Gasteiger charge is -2.08. The van der Waals surface area contributed by atoms with E-state index in [0.717, 1.165) is 0 Å². The molecule has 1 aromatic carbocycles. The largest absolute Gasteiger partial charge is 0.454 e. The summed E-state index contributed by atoms with van der Waals surface area (Å²) in [5, 5.41) is 0. The first-order valence-corrected chi connectivity index (χ1v) is 7.36. The molecule has 0 saturated carbocycles. The van der Waals surface area contributed by atoms with Gasteiger partial charge in [-0.25, -0.2) is 8.42 Å². The van der Waals surface area contributed by atoms with E-state index >= 15 is 0 Å². The van der Waals surface area contributed by atoms with E-state index in [1.165, 1.54) is 0 Å². The number of nitrogens with one attached hydrogen (secondary N) is 1. The van der Waals surface area contributed by atoms with Crippen LogP contribution in [0.3, 0.4) is 0 Å². The summed E-state index contributed by atoms with van der Waals surface area (Å²) in [5.74, 6) is 1.25. The van der Waals surface area contributed by atoms with Gasteiger partial charge >= 0.3 is 0 Å². The Labute approximate surface area is 106 Å². The van der Waals surface area contributed by atoms with Crippen LogP contribution in [0.2, 0.25) is 0 Å². The lowest BCUT2D eigenvalue weighted by Crippen LogP contribution is -2.17. The van der Waals surface area contributed by atoms with Gasteiger partial charge in [0.2, 0.25) is 16.8 Å². The molecule has 2 rings (SSSR count). The molecule has 3 N–H and O–H groups in total. The molecule has 0 atom stereocenters. The molecule has 7 heteroatoms. The third-order valence-electron chi connectivity index (χ3n) is 2.51. The van der Waals surface area contributed by atoms with E-state index in [1.54, 1.807) is 18.2 Å². The van der Waals surface area contributed by atoms with Gasteiger partial charge in [0.05, 0.1) is 11.4 Å². The molecule has 0 radical (unpaired) electrons. The van der Waals surface area contributed by atoms with Gasteiger partial charge in [-0.3, -0.25) is 4.72 Å². The zero-order valence-corrected chi connectivity index (χ0v) is 10.7. The van der Waals surface area contributed by atoms with Crippen LogP contribution in [-0.2, 0) is 10.0 Å². The van der Waals surface area contributed by atoms with Crippen LogP contribution >= 0.6 is 0 Å². The third kappa shape index (κ3) is 3.27. The summed E-state index contributed by atoms with van der Waals surface area (Å²) in [6, 6.07) is 4.94. The summed E-state index contributed by atoms with van der Waals surface area (Å²) >= 11 is 0. The Bertz CT molecular complexity index is 516. The highest BCUT2D eigenvalue weighted by Crippen LogP contribution is 2.34. The Balaban J connectivity index is 2.00. The van der Waals surface area contributed by atoms with Gasteiger partial charge in [0, 0.05) is 6.07 Å². The fourth-order valence-electron chi connectivity index (χ4n) is 1.63. The molecule has 0 aliphatic carbocycles. The van der Waals surface area contributed by atoms with Gasteiger partial charge in [0.25, 0.3) is 0 Å². The second-order valence-corrected chi connectivity index (χ2v) is 5.83. The highest BCUT2D eigenvalue weighted by Gasteiger charge is 2.15. The summed E-state index contributed by atoms with van der Waals surface area (Å²) in [6.07, 6.45) is 1.25. The molecule has 0 bridgehead atoms. The number of unbranched alkanes of at least 4 members (excludes halogenated alkanes) is 1. The molecular formula is C11H16N2O4S. The van der Waals surface area contributed by atoms with Crippen LogP contribution in [0.5, 0.6) is 11.5 Å². The Morgan fingerprint density at radius 1 is 1.22 bits per heavy atom. The molecule has 1 aliphatic rings. The summed E-state index contributed by atoms with van der Waals surface area (Å²) < 4.78 is 36.3. The van der Waals surface area contributed by atoms with Crippen LogP contribution in [0.25, 0.3) is 0 Å². The van der Waals surface area contributed by atoms with Crippen molar-refractivity contribution in [1.29, 1.82) is 0 Å². The van der Waals surface area contributed by atoms with Crippen LogP contribution in [0.15, 0.2) is 18.2 Å². The second kappa shape index (κ2) is 5.45. The average molecular weight is 272 g/mol. The standard InChI is InChI=1S/C11H16N2O4S/c12-5-1-2-6-18(14,15)13-9-3-4-10-11(7-9)17-8-16-10/h3-4,7,13H,1-2,5-6,8,12H2.